The minimum Gasteiger partial charge on any atom is -0.337 e. The van der Waals surface area contributed by atoms with Crippen LogP contribution in [-0.4, -0.2) is 23.4 Å². The molecule has 1 saturated heterocycles. The Kier molecular flexibility index (Phi) is 4.55. The van der Waals surface area contributed by atoms with Crippen LogP contribution < -0.4 is 5.32 Å². The minimum atomic E-state index is -0.248. The van der Waals surface area contributed by atoms with E-state index in [0.717, 1.165) is 25.1 Å². The van der Waals surface area contributed by atoms with Gasteiger partial charge in [-0.2, -0.15) is 0 Å². The molecular weight excluding hydrogens is 299 g/mol. The summed E-state index contributed by atoms with van der Waals surface area (Å²) in [7, 11) is 0. The number of nitrogens with zero attached hydrogens (tertiary/aromatic N) is 1. The highest BCUT2D eigenvalue weighted by Crippen LogP contribution is 2.18. The molecule has 116 valence electrons. The first kappa shape index (κ1) is 15.2. The van der Waals surface area contributed by atoms with Crippen LogP contribution in [0.4, 0.5) is 4.39 Å². The summed E-state index contributed by atoms with van der Waals surface area (Å²) in [4.78, 5) is 15.5. The molecule has 1 atom stereocenters. The number of nitrogens with one attached hydrogen (secondary N) is 1. The normalized spacial score (nSPS) is 18.2. The number of aryl methyl sites for hydroxylation is 1. The van der Waals surface area contributed by atoms with Gasteiger partial charge in [0.25, 0.3) is 0 Å². The predicted octanol–water partition coefficient (Wildman–Crippen LogP) is 3.09. The molecule has 5 heteroatoms. The van der Waals surface area contributed by atoms with Crippen LogP contribution in [0.15, 0.2) is 35.7 Å². The number of rotatable bonds is 5. The zero-order chi connectivity index (χ0) is 15.5. The molecule has 0 aliphatic carbocycles. The summed E-state index contributed by atoms with van der Waals surface area (Å²) in [5.41, 5.74) is 2.23. The molecule has 2 heterocycles. The van der Waals surface area contributed by atoms with Gasteiger partial charge in [-0.05, 0) is 48.1 Å². The largest absolute Gasteiger partial charge is 0.337 e. The van der Waals surface area contributed by atoms with Crippen molar-refractivity contribution in [3.8, 4) is 0 Å². The quantitative estimate of drug-likeness (QED) is 0.919. The monoisotopic (exact) mass is 318 g/mol. The molecule has 1 N–H and O–H groups in total. The van der Waals surface area contributed by atoms with E-state index < -0.39 is 0 Å². The van der Waals surface area contributed by atoms with E-state index in [9.17, 15) is 9.18 Å². The van der Waals surface area contributed by atoms with Crippen molar-refractivity contribution in [1.29, 1.82) is 0 Å². The van der Waals surface area contributed by atoms with Crippen molar-refractivity contribution in [2.24, 2.45) is 0 Å². The third-order valence-electron chi connectivity index (χ3n) is 4.06. The third-order valence-corrected chi connectivity index (χ3v) is 5.08. The highest BCUT2D eigenvalue weighted by molar-refractivity contribution is 7.10. The lowest BCUT2D eigenvalue weighted by Gasteiger charge is -2.17. The second-order valence-corrected chi connectivity index (χ2v) is 6.64. The third kappa shape index (κ3) is 3.36. The number of amides is 1. The molecule has 0 saturated carbocycles. The molecule has 1 fully saturated rings. The van der Waals surface area contributed by atoms with Gasteiger partial charge in [0.1, 0.15) is 5.82 Å². The Labute approximate surface area is 133 Å². The summed E-state index contributed by atoms with van der Waals surface area (Å²) >= 11 is 1.72. The molecule has 3 rings (SSSR count). The van der Waals surface area contributed by atoms with E-state index in [1.165, 1.54) is 22.6 Å². The molecule has 1 aromatic carbocycles. The maximum absolute atomic E-state index is 12.9. The van der Waals surface area contributed by atoms with Crippen molar-refractivity contribution >= 4 is 17.2 Å². The maximum atomic E-state index is 12.9. The van der Waals surface area contributed by atoms with Gasteiger partial charge in [-0.25, -0.2) is 4.39 Å². The topological polar surface area (TPSA) is 32.3 Å². The van der Waals surface area contributed by atoms with E-state index >= 15 is 0 Å². The van der Waals surface area contributed by atoms with Gasteiger partial charge in [-0.1, -0.05) is 12.1 Å². The molecular formula is C17H19FN2OS. The van der Waals surface area contributed by atoms with Gasteiger partial charge in [0.15, 0.2) is 0 Å². The molecule has 1 aliphatic heterocycles. The predicted molar refractivity (Wildman–Crippen MR) is 86.1 cm³/mol. The van der Waals surface area contributed by atoms with E-state index in [0.29, 0.717) is 6.54 Å². The highest BCUT2D eigenvalue weighted by atomic mass is 32.1. The number of carbonyl (C=O) groups is 1. The van der Waals surface area contributed by atoms with E-state index in [-0.39, 0.29) is 17.8 Å². The molecule has 2 aromatic rings. The zero-order valence-corrected chi connectivity index (χ0v) is 13.3. The van der Waals surface area contributed by atoms with Crippen molar-refractivity contribution < 1.29 is 9.18 Å². The maximum Gasteiger partial charge on any atom is 0.240 e. The average Bonchev–Trinajstić information content (AvgIpc) is 3.07. The smallest absolute Gasteiger partial charge is 0.240 e. The lowest BCUT2D eigenvalue weighted by molar-refractivity contribution is -0.129. The van der Waals surface area contributed by atoms with E-state index in [2.05, 4.69) is 23.7 Å². The van der Waals surface area contributed by atoms with E-state index in [4.69, 9.17) is 0 Å². The molecule has 0 spiro atoms. The van der Waals surface area contributed by atoms with Gasteiger partial charge in [-0.3, -0.25) is 4.79 Å². The first-order valence-corrected chi connectivity index (χ1v) is 8.31. The van der Waals surface area contributed by atoms with Gasteiger partial charge in [0.2, 0.25) is 5.91 Å². The van der Waals surface area contributed by atoms with Crippen LogP contribution in [0.3, 0.4) is 0 Å². The van der Waals surface area contributed by atoms with Crippen LogP contribution in [0.25, 0.3) is 0 Å². The SMILES string of the molecule is Cc1ccsc1CNC1CCN(Cc2ccc(F)cc2)C1=O. The second-order valence-electron chi connectivity index (χ2n) is 5.64. The highest BCUT2D eigenvalue weighted by Gasteiger charge is 2.31. The molecule has 1 unspecified atom stereocenters. The summed E-state index contributed by atoms with van der Waals surface area (Å²) < 4.78 is 12.9. The number of halogens is 1. The Morgan fingerprint density at radius 1 is 1.32 bits per heavy atom. The van der Waals surface area contributed by atoms with Crippen molar-refractivity contribution in [3.05, 3.63) is 57.5 Å². The molecule has 22 heavy (non-hydrogen) atoms. The van der Waals surface area contributed by atoms with Crippen molar-refractivity contribution in [3.63, 3.8) is 0 Å². The number of benzene rings is 1. The van der Waals surface area contributed by atoms with Crippen LogP contribution in [-0.2, 0) is 17.9 Å². The molecule has 3 nitrogen and oxygen atoms in total. The summed E-state index contributed by atoms with van der Waals surface area (Å²) in [5, 5.41) is 5.43. The van der Waals surface area contributed by atoms with Crippen molar-refractivity contribution in [1.82, 2.24) is 10.2 Å². The van der Waals surface area contributed by atoms with Crippen LogP contribution in [0.5, 0.6) is 0 Å². The van der Waals surface area contributed by atoms with E-state index in [1.54, 1.807) is 23.5 Å². The second kappa shape index (κ2) is 6.58. The standard InChI is InChI=1S/C17H19FN2OS/c1-12-7-9-22-16(12)10-19-15-6-8-20(17(15)21)11-13-2-4-14(18)5-3-13/h2-5,7,9,15,19H,6,8,10-11H2,1H3. The first-order chi connectivity index (χ1) is 10.6. The Bertz CT molecular complexity index is 653. The fourth-order valence-electron chi connectivity index (χ4n) is 2.70. The Morgan fingerprint density at radius 3 is 2.77 bits per heavy atom. The van der Waals surface area contributed by atoms with E-state index in [1.807, 2.05) is 4.90 Å². The Morgan fingerprint density at radius 2 is 2.09 bits per heavy atom. The summed E-state index contributed by atoms with van der Waals surface area (Å²) in [6, 6.07) is 8.33. The number of hydrogen-bond donors (Lipinski definition) is 1. The van der Waals surface area contributed by atoms with Gasteiger partial charge >= 0.3 is 0 Å². The number of thiophene rings is 1. The van der Waals surface area contributed by atoms with Crippen molar-refractivity contribution in [2.45, 2.75) is 32.5 Å². The average molecular weight is 318 g/mol. The lowest BCUT2D eigenvalue weighted by Crippen LogP contribution is -2.37. The van der Waals surface area contributed by atoms with Crippen LogP contribution in [0.1, 0.15) is 22.4 Å². The number of likely N-dealkylation sites (tertiary alicyclic amines) is 1. The fourth-order valence-corrected chi connectivity index (χ4v) is 3.55. The number of hydrogen-bond acceptors (Lipinski definition) is 3. The van der Waals surface area contributed by atoms with Crippen molar-refractivity contribution in [2.75, 3.05) is 6.54 Å². The minimum absolute atomic E-state index is 0.109. The van der Waals surface area contributed by atoms with Crippen LogP contribution in [0.2, 0.25) is 0 Å². The van der Waals surface area contributed by atoms with Crippen LogP contribution in [0, 0.1) is 12.7 Å². The van der Waals surface area contributed by atoms with Gasteiger partial charge in [0.05, 0.1) is 6.04 Å². The molecule has 1 amide bonds. The number of carbonyl (C=O) groups excluding carboxylic acids is 1. The zero-order valence-electron chi connectivity index (χ0n) is 12.5. The Balaban J connectivity index is 1.55. The Hall–Kier alpha value is -1.72. The summed E-state index contributed by atoms with van der Waals surface area (Å²) in [6.45, 7) is 4.13. The fraction of sp³-hybridized carbons (Fsp3) is 0.353. The molecule has 1 aliphatic rings. The first-order valence-electron chi connectivity index (χ1n) is 7.43. The van der Waals surface area contributed by atoms with Gasteiger partial charge < -0.3 is 10.2 Å². The molecule has 1 aromatic heterocycles. The van der Waals surface area contributed by atoms with Gasteiger partial charge in [-0.15, -0.1) is 11.3 Å². The van der Waals surface area contributed by atoms with Crippen LogP contribution >= 0.6 is 11.3 Å². The summed E-state index contributed by atoms with van der Waals surface area (Å²) in [5.74, 6) is -0.110. The summed E-state index contributed by atoms with van der Waals surface area (Å²) in [6.07, 6.45) is 0.824. The molecule has 0 bridgehead atoms. The molecule has 0 radical (unpaired) electrons. The lowest BCUT2D eigenvalue weighted by atomic mass is 10.2. The van der Waals surface area contributed by atoms with Gasteiger partial charge in [0, 0.05) is 24.5 Å².